The molecular weight excluding hydrogens is 878 g/mol. The van der Waals surface area contributed by atoms with Crippen LogP contribution in [0.5, 0.6) is 0 Å². The van der Waals surface area contributed by atoms with Crippen LogP contribution in [0.1, 0.15) is 72.3 Å². The van der Waals surface area contributed by atoms with Crippen molar-refractivity contribution in [3.05, 3.63) is 0 Å². The van der Waals surface area contributed by atoms with Gasteiger partial charge in [-0.2, -0.15) is 8.42 Å². The Morgan fingerprint density at radius 3 is 0.818 bits per heavy atom. The average Bonchev–Trinajstić information content (AvgIpc) is 2.68. The van der Waals surface area contributed by atoms with Crippen LogP contribution in [0.4, 0.5) is 0 Å². The summed E-state index contributed by atoms with van der Waals surface area (Å²) in [5.41, 5.74) is 1.01. The van der Waals surface area contributed by atoms with E-state index in [4.69, 9.17) is 0 Å². The zero-order chi connectivity index (χ0) is 30.8. The largest absolute Gasteiger partial charge is 1.00 e. The standard InChI is InChI=1S/2C6H16N2S.C4H10O4S.C2H5I.C2H6O4S.6CH4.HI/c2*1-7(2)6(9-5)8(3)4;1-3-7-9(5,6)8-4-2;1-2-3;1-2-6-7(3,4)5;;;;;;;/h2*6H,1-5H3;3-4H2,1-2H3;2H2,1H3;2H2,1H3,(H,3,4,5);6*1H4;1H/p-2. The number of halogens is 2. The molecule has 0 rings (SSSR count). The van der Waals surface area contributed by atoms with E-state index in [1.807, 2.05) is 23.5 Å². The van der Waals surface area contributed by atoms with E-state index in [0.717, 1.165) is 0 Å². The summed E-state index contributed by atoms with van der Waals surface area (Å²) in [5.74, 6) is 0. The SMILES string of the molecule is C.C.C.C.C.C.CCI.CCOS(=O)(=O)OCC.CCOS(=O)(=O)[O-].CSC(N(C)C)N(C)C.CSC(N(C)C)N(C)C.[I-]. The number of alkyl halides is 1. The fraction of sp³-hybridized carbons (Fsp3) is 1.00. The first-order valence-corrected chi connectivity index (χ1v) is 18.0. The molecule has 0 aromatic heterocycles. The zero-order valence-corrected chi connectivity index (χ0v) is 33.0. The van der Waals surface area contributed by atoms with Crippen LogP contribution in [0.2, 0.25) is 0 Å². The van der Waals surface area contributed by atoms with E-state index in [-0.39, 0.29) is 88.4 Å². The van der Waals surface area contributed by atoms with Crippen LogP contribution in [-0.4, -0.2) is 145 Å². The molecule has 0 amide bonds. The third kappa shape index (κ3) is 70.2. The molecule has 0 heterocycles. The van der Waals surface area contributed by atoms with Gasteiger partial charge in [-0.1, -0.05) is 74.1 Å². The van der Waals surface area contributed by atoms with E-state index in [0.29, 0.717) is 11.0 Å². The van der Waals surface area contributed by atoms with Crippen molar-refractivity contribution in [2.45, 2.75) is 83.3 Å². The highest BCUT2D eigenvalue weighted by atomic mass is 127. The topological polar surface area (TPSA) is 132 Å². The lowest BCUT2D eigenvalue weighted by molar-refractivity contribution is -0.0000238. The average molecular weight is 955 g/mol. The van der Waals surface area contributed by atoms with E-state index in [1.54, 1.807) is 13.8 Å². The lowest BCUT2D eigenvalue weighted by Gasteiger charge is -2.28. The predicted octanol–water partition coefficient (Wildman–Crippen LogP) is 3.56. The summed E-state index contributed by atoms with van der Waals surface area (Å²) < 4.78 is 62.4. The molecule has 0 fully saturated rings. The van der Waals surface area contributed by atoms with Gasteiger partial charge >= 0.3 is 10.4 Å². The minimum absolute atomic E-state index is 0. The van der Waals surface area contributed by atoms with Crippen LogP contribution < -0.4 is 24.0 Å². The maximum absolute atomic E-state index is 10.4. The quantitative estimate of drug-likeness (QED) is 0.0930. The van der Waals surface area contributed by atoms with Crippen LogP contribution in [0.15, 0.2) is 0 Å². The molecule has 0 N–H and O–H groups in total. The number of nitrogens with zero attached hydrogens (tertiary/aromatic N) is 4. The van der Waals surface area contributed by atoms with Gasteiger partial charge in [0.25, 0.3) is 0 Å². The summed E-state index contributed by atoms with van der Waals surface area (Å²) in [7, 11) is 8.57. The molecule has 12 nitrogen and oxygen atoms in total. The molecular formula is C26H76I2N4O8S4-2. The molecule has 0 bridgehead atoms. The number of hydrogen-bond donors (Lipinski definition) is 0. The predicted molar refractivity (Wildman–Crippen MR) is 208 cm³/mol. The van der Waals surface area contributed by atoms with Crippen LogP contribution >= 0.6 is 46.1 Å². The maximum atomic E-state index is 10.4. The number of hydrogen-bond acceptors (Lipinski definition) is 14. The van der Waals surface area contributed by atoms with Gasteiger partial charge in [-0.25, -0.2) is 16.8 Å². The molecule has 0 saturated carbocycles. The van der Waals surface area contributed by atoms with Crippen molar-refractivity contribution in [2.24, 2.45) is 0 Å². The van der Waals surface area contributed by atoms with Crippen molar-refractivity contribution in [1.29, 1.82) is 0 Å². The van der Waals surface area contributed by atoms with Crippen molar-refractivity contribution < 1.29 is 57.9 Å². The van der Waals surface area contributed by atoms with E-state index < -0.39 is 20.8 Å². The maximum Gasteiger partial charge on any atom is 0.399 e. The zero-order valence-electron chi connectivity index (χ0n) is 25.4. The van der Waals surface area contributed by atoms with Gasteiger partial charge < -0.3 is 28.5 Å². The molecule has 288 valence electrons. The van der Waals surface area contributed by atoms with Crippen LogP contribution in [0, 0.1) is 0 Å². The Morgan fingerprint density at radius 2 is 0.773 bits per heavy atom. The molecule has 0 saturated heterocycles. The molecule has 0 aromatic carbocycles. The normalized spacial score (nSPS) is 9.59. The Kier molecular flexibility index (Phi) is 94.3. The lowest BCUT2D eigenvalue weighted by atomic mass is 10.8. The van der Waals surface area contributed by atoms with Gasteiger partial charge in [0.1, 0.15) is 11.0 Å². The van der Waals surface area contributed by atoms with Gasteiger partial charge in [-0.05, 0) is 94.1 Å². The van der Waals surface area contributed by atoms with Crippen molar-refractivity contribution in [3.8, 4) is 0 Å². The van der Waals surface area contributed by atoms with E-state index in [9.17, 15) is 21.4 Å². The summed E-state index contributed by atoms with van der Waals surface area (Å²) >= 11 is 5.96. The molecule has 18 heteroatoms. The van der Waals surface area contributed by atoms with Crippen LogP contribution in [-0.2, 0) is 33.3 Å². The van der Waals surface area contributed by atoms with Crippen LogP contribution in [0.25, 0.3) is 0 Å². The number of rotatable bonds is 12. The molecule has 44 heavy (non-hydrogen) atoms. The second-order valence-corrected chi connectivity index (χ2v) is 12.9. The smallest absolute Gasteiger partial charge is 0.399 e. The molecule has 0 unspecified atom stereocenters. The van der Waals surface area contributed by atoms with E-state index in [2.05, 4.69) is 131 Å². The van der Waals surface area contributed by atoms with Crippen LogP contribution in [0.3, 0.4) is 0 Å². The molecule has 0 aliphatic rings. The van der Waals surface area contributed by atoms with Gasteiger partial charge in [0.05, 0.1) is 19.8 Å². The number of thioether (sulfide) groups is 2. The first-order valence-electron chi connectivity index (χ1n) is 11.2. The second-order valence-electron chi connectivity index (χ2n) is 7.28. The summed E-state index contributed by atoms with van der Waals surface area (Å²) in [5, 5.41) is 0. The minimum atomic E-state index is -4.42. The first kappa shape index (κ1) is 80.4. The summed E-state index contributed by atoms with van der Waals surface area (Å²) in [6, 6.07) is 0. The van der Waals surface area contributed by atoms with E-state index >= 15 is 0 Å². The molecule has 0 aliphatic heterocycles. The Bertz CT molecular complexity index is 633. The molecule has 0 radical (unpaired) electrons. The first-order chi connectivity index (χ1) is 16.8. The highest BCUT2D eigenvalue weighted by Crippen LogP contribution is 2.10. The summed E-state index contributed by atoms with van der Waals surface area (Å²) in [6.45, 7) is 6.83. The fourth-order valence-electron chi connectivity index (χ4n) is 2.23. The summed E-state index contributed by atoms with van der Waals surface area (Å²) in [6.07, 6.45) is 4.23. The van der Waals surface area contributed by atoms with Crippen molar-refractivity contribution in [2.75, 3.05) is 93.1 Å². The highest BCUT2D eigenvalue weighted by molar-refractivity contribution is 14.1. The Labute approximate surface area is 318 Å². The van der Waals surface area contributed by atoms with Gasteiger partial charge in [0, 0.05) is 0 Å². The molecule has 0 spiro atoms. The molecule has 0 aliphatic carbocycles. The third-order valence-corrected chi connectivity index (χ3v) is 7.08. The summed E-state index contributed by atoms with van der Waals surface area (Å²) in [4.78, 5) is 8.74. The van der Waals surface area contributed by atoms with Gasteiger partial charge in [0.15, 0.2) is 0 Å². The molecule has 0 atom stereocenters. The van der Waals surface area contributed by atoms with Gasteiger partial charge in [-0.15, -0.1) is 23.5 Å². The monoisotopic (exact) mass is 954 g/mol. The highest BCUT2D eigenvalue weighted by Gasteiger charge is 2.10. The van der Waals surface area contributed by atoms with Crippen molar-refractivity contribution in [1.82, 2.24) is 19.6 Å². The fourth-order valence-corrected chi connectivity index (χ4v) is 4.85. The molecule has 0 aromatic rings. The van der Waals surface area contributed by atoms with Gasteiger partial charge in [0.2, 0.25) is 10.4 Å². The lowest BCUT2D eigenvalue weighted by Crippen LogP contribution is -3.00. The van der Waals surface area contributed by atoms with Gasteiger partial charge in [-0.3, -0.25) is 23.8 Å². The Hall–Kier alpha value is 1.74. The third-order valence-electron chi connectivity index (χ3n) is 2.98. The Morgan fingerprint density at radius 1 is 0.591 bits per heavy atom. The Balaban J connectivity index is -0.0000000287. The second kappa shape index (κ2) is 51.6. The van der Waals surface area contributed by atoms with Crippen molar-refractivity contribution in [3.63, 3.8) is 0 Å². The van der Waals surface area contributed by atoms with E-state index in [1.165, 1.54) is 11.4 Å². The minimum Gasteiger partial charge on any atom is -1.00 e. The van der Waals surface area contributed by atoms with Crippen molar-refractivity contribution >= 4 is 66.9 Å².